The predicted molar refractivity (Wildman–Crippen MR) is 94.4 cm³/mol. The van der Waals surface area contributed by atoms with Gasteiger partial charge in [-0.1, -0.05) is 45.3 Å². The summed E-state index contributed by atoms with van der Waals surface area (Å²) in [7, 11) is 0. The summed E-state index contributed by atoms with van der Waals surface area (Å²) >= 11 is 0. The molecule has 3 radical (unpaired) electrons. The number of ether oxygens (including phenoxy) is 1. The van der Waals surface area contributed by atoms with E-state index in [1.165, 1.54) is 12.9 Å². The zero-order valence-corrected chi connectivity index (χ0v) is 17.3. The van der Waals surface area contributed by atoms with Crippen LogP contribution in [0, 0.1) is 45.1 Å². The van der Waals surface area contributed by atoms with Gasteiger partial charge in [0.1, 0.15) is 5.78 Å². The van der Waals surface area contributed by atoms with Gasteiger partial charge in [0, 0.05) is 35.8 Å². The Morgan fingerprint density at radius 3 is 2.14 bits per heavy atom. The van der Waals surface area contributed by atoms with Crippen LogP contribution in [0.15, 0.2) is 12.2 Å². The molecule has 157 valence electrons. The molecule has 0 aliphatic rings. The van der Waals surface area contributed by atoms with Crippen molar-refractivity contribution < 1.29 is 50.5 Å². The minimum Gasteiger partial charge on any atom is 0 e. The van der Waals surface area contributed by atoms with E-state index in [1.807, 2.05) is 0 Å². The van der Waals surface area contributed by atoms with Crippen LogP contribution in [0.2, 0.25) is 0 Å². The van der Waals surface area contributed by atoms with E-state index in [0.717, 1.165) is 25.7 Å². The molecule has 0 rings (SSSR count). The van der Waals surface area contributed by atoms with Crippen molar-refractivity contribution in [1.82, 2.24) is 0 Å². The number of allylic oxidation sites excluding steroid dienone is 1. The average molecular weight is 434 g/mol. The fourth-order valence-electron chi connectivity index (χ4n) is 1.81. The Morgan fingerprint density at radius 1 is 1.18 bits per heavy atom. The van der Waals surface area contributed by atoms with E-state index in [1.54, 1.807) is 38.8 Å². The van der Waals surface area contributed by atoms with E-state index in [4.69, 9.17) is 18.7 Å². The molecule has 0 unspecified atom stereocenters. The van der Waals surface area contributed by atoms with E-state index >= 15 is 0 Å². The SMILES string of the molecule is C/C=C/[C@H](O)[C@H](C)C(=O)[CH][CH][CH][C@@H](CCCCC)O[C-]=O.[C-]#[O+].[C-]#[O+].[C-]#[O+].[Fe]. The van der Waals surface area contributed by atoms with Gasteiger partial charge in [-0.2, -0.15) is 0 Å². The molecule has 8 heteroatoms. The van der Waals surface area contributed by atoms with Crippen molar-refractivity contribution in [3.05, 3.63) is 51.4 Å². The summed E-state index contributed by atoms with van der Waals surface area (Å²) in [5, 5.41) is 9.70. The Labute approximate surface area is 178 Å². The standard InChI is InChI=1S/C17H26O4.3CO.Fe/c1-4-6-7-10-15(21-13-18)11-8-12-17(20)14(3)16(19)9-5-2;3*1-2;/h5,8-9,11-12,14-16,19H,4,6-7,10H2,1-3H3;;;;/q-1;;;;/b9-5+;;;;/t14-,15+,16-;;;;/m0..../s1. The number of aliphatic hydroxyl groups is 1. The van der Waals surface area contributed by atoms with Crippen LogP contribution < -0.4 is 0 Å². The van der Waals surface area contributed by atoms with E-state index in [0.29, 0.717) is 0 Å². The number of aliphatic hydroxyl groups excluding tert-OH is 1. The normalized spacial score (nSPS) is 11.9. The van der Waals surface area contributed by atoms with Gasteiger partial charge in [-0.3, -0.25) is 4.79 Å². The van der Waals surface area contributed by atoms with E-state index in [-0.39, 0.29) is 29.0 Å². The molecule has 28 heavy (non-hydrogen) atoms. The first-order valence-electron chi connectivity index (χ1n) is 8.07. The molecule has 0 aromatic carbocycles. The van der Waals surface area contributed by atoms with Gasteiger partial charge in [0.15, 0.2) is 0 Å². The summed E-state index contributed by atoms with van der Waals surface area (Å²) in [6.45, 7) is 20.5. The van der Waals surface area contributed by atoms with Crippen LogP contribution in [0.25, 0.3) is 0 Å². The number of hydrogen-bond acceptors (Lipinski definition) is 4. The molecule has 0 saturated heterocycles. The molecule has 7 nitrogen and oxygen atoms in total. The van der Waals surface area contributed by atoms with Crippen molar-refractivity contribution in [3.8, 4) is 0 Å². The van der Waals surface area contributed by atoms with E-state index < -0.39 is 12.0 Å². The topological polar surface area (TPSA) is 123 Å². The van der Waals surface area contributed by atoms with Crippen molar-refractivity contribution in [3.63, 3.8) is 0 Å². The van der Waals surface area contributed by atoms with Crippen LogP contribution in [-0.2, 0) is 45.4 Å². The quantitative estimate of drug-likeness (QED) is 0.157. The number of carbonyl (C=O) groups excluding carboxylic acids is 2. The van der Waals surface area contributed by atoms with Crippen LogP contribution in [0.4, 0.5) is 0 Å². The van der Waals surface area contributed by atoms with Crippen molar-refractivity contribution >= 4 is 12.3 Å². The van der Waals surface area contributed by atoms with Crippen LogP contribution in [0.5, 0.6) is 0 Å². The van der Waals surface area contributed by atoms with Gasteiger partial charge in [-0.05, 0) is 26.2 Å². The predicted octanol–water partition coefficient (Wildman–Crippen LogP) is 2.66. The third kappa shape index (κ3) is 24.6. The van der Waals surface area contributed by atoms with Crippen molar-refractivity contribution in [2.75, 3.05) is 0 Å². The molecule has 1 N–H and O–H groups in total. The average Bonchev–Trinajstić information content (AvgIpc) is 2.72. The van der Waals surface area contributed by atoms with Crippen LogP contribution in [-0.4, -0.2) is 29.6 Å². The molecule has 3 atom stereocenters. The summed E-state index contributed by atoms with van der Waals surface area (Å²) in [6.07, 6.45) is 10.6. The molecule has 0 heterocycles. The summed E-state index contributed by atoms with van der Waals surface area (Å²) in [5.74, 6) is -0.665. The minimum atomic E-state index is -0.785. The number of unbranched alkanes of at least 4 members (excludes halogenated alkanes) is 2. The summed E-state index contributed by atoms with van der Waals surface area (Å²) in [4.78, 5) is 22.2. The maximum Gasteiger partial charge on any atom is 0 e. The molecule has 0 aromatic heterocycles. The smallest absolute Gasteiger partial charge is 0 e. The largest absolute Gasteiger partial charge is 0 e. The Hall–Kier alpha value is -1.42. The van der Waals surface area contributed by atoms with Gasteiger partial charge in [0.2, 0.25) is 0 Å². The molecule has 0 aliphatic carbocycles. The van der Waals surface area contributed by atoms with Gasteiger partial charge in [-0.25, -0.2) is 0 Å². The van der Waals surface area contributed by atoms with Crippen LogP contribution >= 0.6 is 0 Å². The van der Waals surface area contributed by atoms with Gasteiger partial charge in [0.05, 0.1) is 12.2 Å². The second-order valence-corrected chi connectivity index (χ2v) is 4.99. The molecule has 0 amide bonds. The molecular formula is C20H26FeO7-. The fraction of sp³-hybridized carbons (Fsp3) is 0.500. The van der Waals surface area contributed by atoms with Crippen molar-refractivity contribution in [1.29, 1.82) is 0 Å². The summed E-state index contributed by atoms with van der Waals surface area (Å²) in [5.41, 5.74) is 0. The first kappa shape index (κ1) is 37.3. The zero-order valence-electron chi connectivity index (χ0n) is 16.2. The van der Waals surface area contributed by atoms with Gasteiger partial charge in [-0.15, -0.1) is 0 Å². The van der Waals surface area contributed by atoms with Crippen LogP contribution in [0.3, 0.4) is 0 Å². The third-order valence-corrected chi connectivity index (χ3v) is 3.23. The Kier molecular flexibility index (Phi) is 44.3. The number of hydrogen-bond donors (Lipinski definition) is 1. The van der Waals surface area contributed by atoms with Gasteiger partial charge in [0.25, 0.3) is 0 Å². The fourth-order valence-corrected chi connectivity index (χ4v) is 1.81. The number of carbonyl (C=O) groups is 1. The monoisotopic (exact) mass is 434 g/mol. The second kappa shape index (κ2) is 33.2. The van der Waals surface area contributed by atoms with Crippen molar-refractivity contribution in [2.45, 2.75) is 58.7 Å². The Bertz CT molecular complexity index is 416. The van der Waals surface area contributed by atoms with Crippen molar-refractivity contribution in [2.24, 2.45) is 5.92 Å². The second-order valence-electron chi connectivity index (χ2n) is 4.99. The Morgan fingerprint density at radius 2 is 1.71 bits per heavy atom. The molecule has 0 saturated carbocycles. The first-order valence-corrected chi connectivity index (χ1v) is 8.07. The number of Topliss-reactive ketones (excluding diaryl/α,β-unsaturated/α-hetero) is 1. The van der Waals surface area contributed by atoms with E-state index in [9.17, 15) is 14.7 Å². The number of ketones is 1. The zero-order chi connectivity index (χ0) is 22.1. The Balaban J connectivity index is -0.000000228. The van der Waals surface area contributed by atoms with Gasteiger partial charge < -0.3 is 14.6 Å². The third-order valence-electron chi connectivity index (χ3n) is 3.23. The molecule has 0 spiro atoms. The maximum absolute atomic E-state index is 11.8. The number of rotatable bonds is 13. The maximum atomic E-state index is 11.8. The molecule has 0 bridgehead atoms. The molecule has 0 aromatic rings. The first-order chi connectivity index (χ1) is 13.1. The summed E-state index contributed by atoms with van der Waals surface area (Å²) in [6, 6.07) is 0. The molecule has 0 fully saturated rings. The van der Waals surface area contributed by atoms with E-state index in [2.05, 4.69) is 26.9 Å². The minimum absolute atomic E-state index is 0. The van der Waals surface area contributed by atoms with Gasteiger partial charge >= 0.3 is 33.9 Å². The summed E-state index contributed by atoms with van der Waals surface area (Å²) < 4.78 is 27.3. The van der Waals surface area contributed by atoms with Crippen LogP contribution in [0.1, 0.15) is 46.5 Å². The molecular weight excluding hydrogens is 408 g/mol. The molecule has 0 aliphatic heterocycles.